The molecule has 0 aliphatic heterocycles. The monoisotopic (exact) mass is 186 g/mol. The molecule has 0 amide bonds. The molecule has 0 radical (unpaired) electrons. The molecule has 0 bridgehead atoms. The lowest BCUT2D eigenvalue weighted by Gasteiger charge is -2.01. The van der Waals surface area contributed by atoms with Crippen LogP contribution in [0.2, 0.25) is 0 Å². The molecule has 0 aliphatic rings. The van der Waals surface area contributed by atoms with Gasteiger partial charge in [0.05, 0.1) is 12.1 Å². The van der Waals surface area contributed by atoms with Crippen LogP contribution in [0.15, 0.2) is 12.4 Å². The number of H-pyrrole nitrogens is 1. The fraction of sp³-hybridized carbons (Fsp3) is 0.200. The van der Waals surface area contributed by atoms with Crippen LogP contribution in [-0.2, 0) is 0 Å². The topological polar surface area (TPSA) is 53.6 Å². The van der Waals surface area contributed by atoms with Gasteiger partial charge in [-0.2, -0.15) is 0 Å². The van der Waals surface area contributed by atoms with Gasteiger partial charge in [0.2, 0.25) is 0 Å². The minimum Gasteiger partial charge on any atom is -0.357 e. The van der Waals surface area contributed by atoms with Gasteiger partial charge in [-0.3, -0.25) is 0 Å². The maximum absolute atomic E-state index is 5.16. The van der Waals surface area contributed by atoms with E-state index < -0.39 is 0 Å². The molecule has 4 heteroatoms. The third-order valence-electron chi connectivity index (χ3n) is 1.91. The van der Waals surface area contributed by atoms with Crippen molar-refractivity contribution in [1.82, 2.24) is 15.0 Å². The predicted molar refractivity (Wildman–Crippen MR) is 55.9 cm³/mol. The fourth-order valence-electron chi connectivity index (χ4n) is 1.34. The highest BCUT2D eigenvalue weighted by atomic mass is 15.0. The molecule has 2 heterocycles. The van der Waals surface area contributed by atoms with Gasteiger partial charge in [-0.05, 0) is 13.0 Å². The number of fused-ring (bicyclic) bond motifs is 1. The Morgan fingerprint density at radius 3 is 3.21 bits per heavy atom. The number of terminal acetylenes is 1. The maximum Gasteiger partial charge on any atom is 0.154 e. The number of anilines is 1. The van der Waals surface area contributed by atoms with Crippen LogP contribution in [-0.4, -0.2) is 21.5 Å². The summed E-state index contributed by atoms with van der Waals surface area (Å²) >= 11 is 0. The van der Waals surface area contributed by atoms with Crippen LogP contribution < -0.4 is 5.32 Å². The Morgan fingerprint density at radius 1 is 1.57 bits per heavy atom. The smallest absolute Gasteiger partial charge is 0.154 e. The van der Waals surface area contributed by atoms with Crippen LogP contribution in [0.25, 0.3) is 11.0 Å². The standard InChI is InChI=1S/C10H10N4/c1-3-4-11-10-9-8(12-6-13-10)5-7(2)14-9/h1,5-6,14H,4H2,2H3,(H,11,12,13). The second-order valence-corrected chi connectivity index (χ2v) is 2.99. The van der Waals surface area contributed by atoms with Gasteiger partial charge >= 0.3 is 0 Å². The highest BCUT2D eigenvalue weighted by Gasteiger charge is 2.04. The van der Waals surface area contributed by atoms with E-state index in [9.17, 15) is 0 Å². The molecule has 0 unspecified atom stereocenters. The van der Waals surface area contributed by atoms with Crippen LogP contribution in [0.4, 0.5) is 5.82 Å². The van der Waals surface area contributed by atoms with E-state index in [0.717, 1.165) is 22.5 Å². The van der Waals surface area contributed by atoms with Crippen molar-refractivity contribution in [3.05, 3.63) is 18.1 Å². The zero-order valence-corrected chi connectivity index (χ0v) is 7.83. The third-order valence-corrected chi connectivity index (χ3v) is 1.91. The van der Waals surface area contributed by atoms with E-state index in [1.807, 2.05) is 13.0 Å². The summed E-state index contributed by atoms with van der Waals surface area (Å²) in [6.07, 6.45) is 6.68. The average molecular weight is 186 g/mol. The van der Waals surface area contributed by atoms with Crippen molar-refractivity contribution >= 4 is 16.9 Å². The Balaban J connectivity index is 2.48. The zero-order valence-electron chi connectivity index (χ0n) is 7.83. The van der Waals surface area contributed by atoms with Gasteiger partial charge in [-0.1, -0.05) is 5.92 Å². The summed E-state index contributed by atoms with van der Waals surface area (Å²) in [5.41, 5.74) is 2.86. The summed E-state index contributed by atoms with van der Waals surface area (Å²) < 4.78 is 0. The van der Waals surface area contributed by atoms with Gasteiger partial charge < -0.3 is 10.3 Å². The lowest BCUT2D eigenvalue weighted by atomic mass is 10.4. The first-order valence-corrected chi connectivity index (χ1v) is 4.29. The van der Waals surface area contributed by atoms with E-state index in [-0.39, 0.29) is 0 Å². The lowest BCUT2D eigenvalue weighted by molar-refractivity contribution is 1.18. The summed E-state index contributed by atoms with van der Waals surface area (Å²) in [5.74, 6) is 3.25. The fourth-order valence-corrected chi connectivity index (χ4v) is 1.34. The first-order valence-electron chi connectivity index (χ1n) is 4.29. The molecular weight excluding hydrogens is 176 g/mol. The lowest BCUT2D eigenvalue weighted by Crippen LogP contribution is -2.01. The minimum atomic E-state index is 0.462. The molecule has 2 aromatic rings. The van der Waals surface area contributed by atoms with Gasteiger partial charge in [0, 0.05) is 5.69 Å². The van der Waals surface area contributed by atoms with Crippen LogP contribution >= 0.6 is 0 Å². The summed E-state index contributed by atoms with van der Waals surface area (Å²) in [6, 6.07) is 1.97. The van der Waals surface area contributed by atoms with Crippen LogP contribution in [0.1, 0.15) is 5.69 Å². The van der Waals surface area contributed by atoms with Gasteiger partial charge in [0.25, 0.3) is 0 Å². The Bertz CT molecular complexity index is 492. The summed E-state index contributed by atoms with van der Waals surface area (Å²) in [6.45, 7) is 2.44. The van der Waals surface area contributed by atoms with Crippen LogP contribution in [0.3, 0.4) is 0 Å². The second kappa shape index (κ2) is 3.38. The number of aromatic amines is 1. The molecule has 14 heavy (non-hydrogen) atoms. The SMILES string of the molecule is C#CCNc1ncnc2cc(C)[nH]c12. The molecule has 4 nitrogen and oxygen atoms in total. The molecule has 0 aliphatic carbocycles. The van der Waals surface area contributed by atoms with E-state index in [0.29, 0.717) is 6.54 Å². The van der Waals surface area contributed by atoms with Crippen molar-refractivity contribution in [3.63, 3.8) is 0 Å². The Kier molecular flexibility index (Phi) is 2.07. The first-order chi connectivity index (χ1) is 6.81. The first kappa shape index (κ1) is 8.57. The molecule has 2 N–H and O–H groups in total. The molecule has 0 spiro atoms. The number of aromatic nitrogens is 3. The summed E-state index contributed by atoms with van der Waals surface area (Å²) in [4.78, 5) is 11.4. The van der Waals surface area contributed by atoms with Gasteiger partial charge in [-0.15, -0.1) is 6.42 Å². The summed E-state index contributed by atoms with van der Waals surface area (Å²) in [7, 11) is 0. The van der Waals surface area contributed by atoms with E-state index >= 15 is 0 Å². The van der Waals surface area contributed by atoms with Gasteiger partial charge in [-0.25, -0.2) is 9.97 Å². The van der Waals surface area contributed by atoms with Crippen molar-refractivity contribution in [2.75, 3.05) is 11.9 Å². The molecule has 0 atom stereocenters. The molecule has 0 aromatic carbocycles. The van der Waals surface area contributed by atoms with Crippen molar-refractivity contribution in [1.29, 1.82) is 0 Å². The molecule has 0 saturated carbocycles. The predicted octanol–water partition coefficient (Wildman–Crippen LogP) is 1.31. The Hall–Kier alpha value is -2.02. The molecule has 2 aromatic heterocycles. The van der Waals surface area contributed by atoms with E-state index in [2.05, 4.69) is 26.2 Å². The Morgan fingerprint density at radius 2 is 2.43 bits per heavy atom. The quantitative estimate of drug-likeness (QED) is 0.695. The molecular formula is C10H10N4. The van der Waals surface area contributed by atoms with Crippen molar-refractivity contribution in [2.45, 2.75) is 6.92 Å². The molecule has 2 rings (SSSR count). The van der Waals surface area contributed by atoms with Crippen LogP contribution in [0.5, 0.6) is 0 Å². The highest BCUT2D eigenvalue weighted by molar-refractivity contribution is 5.86. The van der Waals surface area contributed by atoms with Crippen molar-refractivity contribution < 1.29 is 0 Å². The average Bonchev–Trinajstić information content (AvgIpc) is 2.55. The number of hydrogen-bond acceptors (Lipinski definition) is 3. The third kappa shape index (κ3) is 1.40. The van der Waals surface area contributed by atoms with Crippen molar-refractivity contribution in [2.24, 2.45) is 0 Å². The Labute approximate surface area is 81.8 Å². The van der Waals surface area contributed by atoms with Gasteiger partial charge in [0.15, 0.2) is 5.82 Å². The maximum atomic E-state index is 5.16. The van der Waals surface area contributed by atoms with Crippen molar-refractivity contribution in [3.8, 4) is 12.3 Å². The number of hydrogen-bond donors (Lipinski definition) is 2. The summed E-state index contributed by atoms with van der Waals surface area (Å²) in [5, 5.41) is 3.03. The minimum absolute atomic E-state index is 0.462. The highest BCUT2D eigenvalue weighted by Crippen LogP contribution is 2.18. The number of nitrogens with zero attached hydrogens (tertiary/aromatic N) is 2. The normalized spacial score (nSPS) is 10.0. The number of rotatable bonds is 2. The molecule has 0 fully saturated rings. The van der Waals surface area contributed by atoms with Crippen LogP contribution in [0, 0.1) is 19.3 Å². The number of aryl methyl sites for hydroxylation is 1. The largest absolute Gasteiger partial charge is 0.357 e. The number of nitrogens with one attached hydrogen (secondary N) is 2. The second-order valence-electron chi connectivity index (χ2n) is 2.99. The molecule has 70 valence electrons. The van der Waals surface area contributed by atoms with E-state index in [1.54, 1.807) is 0 Å². The molecule has 0 saturated heterocycles. The van der Waals surface area contributed by atoms with E-state index in [1.165, 1.54) is 6.33 Å². The van der Waals surface area contributed by atoms with Gasteiger partial charge in [0.1, 0.15) is 11.8 Å². The zero-order chi connectivity index (χ0) is 9.97. The van der Waals surface area contributed by atoms with E-state index in [4.69, 9.17) is 6.42 Å².